The van der Waals surface area contributed by atoms with E-state index in [1.54, 1.807) is 6.92 Å². The number of urea groups is 1. The second-order valence-electron chi connectivity index (χ2n) is 6.40. The zero-order chi connectivity index (χ0) is 15.5. The van der Waals surface area contributed by atoms with E-state index in [0.717, 1.165) is 13.0 Å². The molecule has 1 aliphatic rings. The van der Waals surface area contributed by atoms with E-state index in [-0.39, 0.29) is 12.1 Å². The first-order valence-corrected chi connectivity index (χ1v) is 7.14. The smallest absolute Gasteiger partial charge is 0.329 e. The zero-order valence-corrected chi connectivity index (χ0v) is 13.1. The van der Waals surface area contributed by atoms with Gasteiger partial charge in [-0.3, -0.25) is 0 Å². The maximum atomic E-state index is 12.4. The number of carboxylic acid groups (broad SMARTS) is 1. The molecule has 1 saturated heterocycles. The summed E-state index contributed by atoms with van der Waals surface area (Å²) in [5, 5.41) is 12.3. The molecule has 6 nitrogen and oxygen atoms in total. The van der Waals surface area contributed by atoms with Gasteiger partial charge in [0, 0.05) is 19.1 Å². The topological polar surface area (TPSA) is 72.9 Å². The van der Waals surface area contributed by atoms with Crippen LogP contribution >= 0.6 is 0 Å². The van der Waals surface area contributed by atoms with Gasteiger partial charge < -0.3 is 20.2 Å². The Balaban J connectivity index is 2.76. The fraction of sp³-hybridized carbons (Fsp3) is 0.857. The number of likely N-dealkylation sites (N-methyl/N-ethyl adjacent to an activating group) is 1. The van der Waals surface area contributed by atoms with Gasteiger partial charge in [0.05, 0.1) is 0 Å². The summed E-state index contributed by atoms with van der Waals surface area (Å²) in [5.41, 5.74) is -1.08. The van der Waals surface area contributed by atoms with Crippen LogP contribution in [-0.2, 0) is 4.79 Å². The van der Waals surface area contributed by atoms with E-state index in [0.29, 0.717) is 18.9 Å². The SMILES string of the molecule is CC(C)C(CN(C)C)NC(=O)N1CCCC1(C)C(=O)O. The average molecular weight is 285 g/mol. The van der Waals surface area contributed by atoms with Gasteiger partial charge in [0.25, 0.3) is 0 Å². The lowest BCUT2D eigenvalue weighted by Crippen LogP contribution is -2.57. The number of rotatable bonds is 5. The molecule has 0 aromatic heterocycles. The third-order valence-corrected chi connectivity index (χ3v) is 4.02. The normalized spacial score (nSPS) is 24.2. The first kappa shape index (κ1) is 16.8. The van der Waals surface area contributed by atoms with Crippen molar-refractivity contribution in [2.45, 2.75) is 45.2 Å². The van der Waals surface area contributed by atoms with Gasteiger partial charge in [-0.2, -0.15) is 0 Å². The predicted molar refractivity (Wildman–Crippen MR) is 77.7 cm³/mol. The molecule has 0 aliphatic carbocycles. The van der Waals surface area contributed by atoms with E-state index in [1.807, 2.05) is 19.0 Å². The lowest BCUT2D eigenvalue weighted by atomic mass is 9.99. The third-order valence-electron chi connectivity index (χ3n) is 4.02. The van der Waals surface area contributed by atoms with Gasteiger partial charge in [-0.1, -0.05) is 13.8 Å². The number of aliphatic carboxylic acids is 1. The molecule has 0 radical (unpaired) electrons. The minimum Gasteiger partial charge on any atom is -0.480 e. The maximum absolute atomic E-state index is 12.4. The molecule has 2 amide bonds. The van der Waals surface area contributed by atoms with E-state index >= 15 is 0 Å². The number of hydrogen-bond acceptors (Lipinski definition) is 3. The number of nitrogens with one attached hydrogen (secondary N) is 1. The van der Waals surface area contributed by atoms with E-state index in [9.17, 15) is 14.7 Å². The Morgan fingerprint density at radius 1 is 1.40 bits per heavy atom. The molecule has 1 heterocycles. The molecular weight excluding hydrogens is 258 g/mol. The highest BCUT2D eigenvalue weighted by molar-refractivity contribution is 5.86. The van der Waals surface area contributed by atoms with Crippen LogP contribution in [0.2, 0.25) is 0 Å². The first-order valence-electron chi connectivity index (χ1n) is 7.14. The zero-order valence-electron chi connectivity index (χ0n) is 13.1. The van der Waals surface area contributed by atoms with Crippen molar-refractivity contribution in [2.24, 2.45) is 5.92 Å². The van der Waals surface area contributed by atoms with Crippen LogP contribution in [0.5, 0.6) is 0 Å². The number of carbonyl (C=O) groups excluding carboxylic acids is 1. The van der Waals surface area contributed by atoms with E-state index < -0.39 is 11.5 Å². The van der Waals surface area contributed by atoms with Gasteiger partial charge in [0.15, 0.2) is 0 Å². The van der Waals surface area contributed by atoms with Crippen molar-refractivity contribution >= 4 is 12.0 Å². The van der Waals surface area contributed by atoms with Gasteiger partial charge in [-0.25, -0.2) is 9.59 Å². The molecule has 6 heteroatoms. The Kier molecular flexibility index (Phi) is 5.39. The van der Waals surface area contributed by atoms with E-state index in [2.05, 4.69) is 19.2 Å². The summed E-state index contributed by atoms with van der Waals surface area (Å²) in [4.78, 5) is 27.3. The molecule has 0 spiro atoms. The van der Waals surface area contributed by atoms with Crippen molar-refractivity contribution in [1.82, 2.24) is 15.1 Å². The molecule has 1 aliphatic heterocycles. The molecule has 2 N–H and O–H groups in total. The van der Waals surface area contributed by atoms with Crippen LogP contribution in [0, 0.1) is 5.92 Å². The van der Waals surface area contributed by atoms with Crippen LogP contribution in [0.15, 0.2) is 0 Å². The van der Waals surface area contributed by atoms with Crippen LogP contribution in [0.4, 0.5) is 4.79 Å². The summed E-state index contributed by atoms with van der Waals surface area (Å²) in [5.74, 6) is -0.640. The first-order chi connectivity index (χ1) is 9.18. The maximum Gasteiger partial charge on any atom is 0.329 e. The molecule has 1 rings (SSSR count). The predicted octanol–water partition coefficient (Wildman–Crippen LogP) is 1.22. The minimum atomic E-state index is -1.08. The highest BCUT2D eigenvalue weighted by Gasteiger charge is 2.46. The van der Waals surface area contributed by atoms with Crippen LogP contribution in [0.1, 0.15) is 33.6 Å². The Bertz CT molecular complexity index is 371. The quantitative estimate of drug-likeness (QED) is 0.796. The third kappa shape index (κ3) is 3.62. The van der Waals surface area contributed by atoms with Crippen molar-refractivity contribution in [1.29, 1.82) is 0 Å². The Morgan fingerprint density at radius 3 is 2.45 bits per heavy atom. The summed E-state index contributed by atoms with van der Waals surface area (Å²) in [6, 6.07) is -0.260. The molecule has 20 heavy (non-hydrogen) atoms. The molecule has 0 aromatic rings. The average Bonchev–Trinajstić information content (AvgIpc) is 2.71. The minimum absolute atomic E-state index is 0.0103. The van der Waals surface area contributed by atoms with Gasteiger partial charge in [-0.15, -0.1) is 0 Å². The number of hydrogen-bond donors (Lipinski definition) is 2. The molecule has 0 bridgehead atoms. The second-order valence-corrected chi connectivity index (χ2v) is 6.40. The summed E-state index contributed by atoms with van der Waals surface area (Å²) in [6.07, 6.45) is 1.24. The van der Waals surface area contributed by atoms with Gasteiger partial charge >= 0.3 is 12.0 Å². The lowest BCUT2D eigenvalue weighted by Gasteiger charge is -2.34. The fourth-order valence-electron chi connectivity index (χ4n) is 2.56. The van der Waals surface area contributed by atoms with Crippen molar-refractivity contribution < 1.29 is 14.7 Å². The monoisotopic (exact) mass is 285 g/mol. The standard InChI is InChI=1S/C14H27N3O3/c1-10(2)11(9-16(4)5)15-13(20)17-8-6-7-14(17,3)12(18)19/h10-11H,6-9H2,1-5H3,(H,15,20)(H,18,19). The summed E-state index contributed by atoms with van der Waals surface area (Å²) in [6.45, 7) is 6.96. The van der Waals surface area contributed by atoms with Gasteiger partial charge in [0.1, 0.15) is 5.54 Å². The number of likely N-dealkylation sites (tertiary alicyclic amines) is 1. The largest absolute Gasteiger partial charge is 0.480 e. The lowest BCUT2D eigenvalue weighted by molar-refractivity contribution is -0.147. The number of nitrogens with zero attached hydrogens (tertiary/aromatic N) is 2. The molecule has 0 aromatic carbocycles. The fourth-order valence-corrected chi connectivity index (χ4v) is 2.56. The number of amides is 2. The van der Waals surface area contributed by atoms with Crippen molar-refractivity contribution in [3.05, 3.63) is 0 Å². The summed E-state index contributed by atoms with van der Waals surface area (Å²) >= 11 is 0. The molecular formula is C14H27N3O3. The number of carboxylic acids is 1. The van der Waals surface area contributed by atoms with E-state index in [1.165, 1.54) is 4.90 Å². The molecule has 0 saturated carbocycles. The Labute approximate surface area is 121 Å². The van der Waals surface area contributed by atoms with Gasteiger partial charge in [0.2, 0.25) is 0 Å². The van der Waals surface area contributed by atoms with Crippen LogP contribution in [0.25, 0.3) is 0 Å². The highest BCUT2D eigenvalue weighted by atomic mass is 16.4. The van der Waals surface area contributed by atoms with Crippen LogP contribution in [0.3, 0.4) is 0 Å². The summed E-state index contributed by atoms with van der Waals surface area (Å²) < 4.78 is 0. The van der Waals surface area contributed by atoms with Crippen molar-refractivity contribution in [3.8, 4) is 0 Å². The second kappa shape index (κ2) is 6.43. The van der Waals surface area contributed by atoms with Crippen LogP contribution < -0.4 is 5.32 Å². The van der Waals surface area contributed by atoms with E-state index in [4.69, 9.17) is 0 Å². The number of carbonyl (C=O) groups is 2. The molecule has 116 valence electrons. The molecule has 1 fully saturated rings. The highest BCUT2D eigenvalue weighted by Crippen LogP contribution is 2.29. The van der Waals surface area contributed by atoms with Crippen molar-refractivity contribution in [3.63, 3.8) is 0 Å². The Morgan fingerprint density at radius 2 is 2.00 bits per heavy atom. The van der Waals surface area contributed by atoms with Crippen molar-refractivity contribution in [2.75, 3.05) is 27.2 Å². The van der Waals surface area contributed by atoms with Gasteiger partial charge in [-0.05, 0) is 39.8 Å². The Hall–Kier alpha value is -1.30. The van der Waals surface area contributed by atoms with Crippen LogP contribution in [-0.4, -0.2) is 65.7 Å². The molecule has 2 atom stereocenters. The summed E-state index contributed by atoms with van der Waals surface area (Å²) in [7, 11) is 3.91. The molecule has 2 unspecified atom stereocenters.